The summed E-state index contributed by atoms with van der Waals surface area (Å²) < 4.78 is 10.5. The number of rotatable bonds is 10. The van der Waals surface area contributed by atoms with Gasteiger partial charge in [-0.15, -0.1) is 0 Å². The van der Waals surface area contributed by atoms with Gasteiger partial charge in [0.25, 0.3) is 5.88 Å². The van der Waals surface area contributed by atoms with E-state index in [0.717, 1.165) is 11.8 Å². The predicted octanol–water partition coefficient (Wildman–Crippen LogP) is 6.00. The Kier molecular flexibility index (Phi) is 11.0. The molecular formula is C35H30NO4P. The van der Waals surface area contributed by atoms with E-state index in [1.54, 1.807) is 24.3 Å². The number of ether oxygens (including phenoxy) is 1. The molecule has 1 heterocycles. The highest BCUT2D eigenvalue weighted by atomic mass is 31.2. The van der Waals surface area contributed by atoms with Crippen molar-refractivity contribution in [2.75, 3.05) is 0 Å². The number of hydrogen-bond donors (Lipinski definition) is 0. The van der Waals surface area contributed by atoms with Gasteiger partial charge in [-0.25, -0.2) is 0 Å². The summed E-state index contributed by atoms with van der Waals surface area (Å²) in [5.74, 6) is 2.86. The quantitative estimate of drug-likeness (QED) is 0.0908. The Morgan fingerprint density at radius 2 is 1.15 bits per heavy atom. The molecule has 0 saturated carbocycles. The Bertz CT molecular complexity index is 1510. The maximum atomic E-state index is 11.5. The predicted molar refractivity (Wildman–Crippen MR) is 169 cm³/mol. The third kappa shape index (κ3) is 8.01. The zero-order valence-corrected chi connectivity index (χ0v) is 23.3. The van der Waals surface area contributed by atoms with Gasteiger partial charge in [0.2, 0.25) is 0 Å². The summed E-state index contributed by atoms with van der Waals surface area (Å²) in [5.41, 5.74) is 1.07. The van der Waals surface area contributed by atoms with Crippen LogP contribution < -0.4 is 20.7 Å². The highest BCUT2D eigenvalue weighted by molar-refractivity contribution is 7.95. The normalized spacial score (nSPS) is 11.0. The Hall–Kier alpha value is -4.99. The third-order valence-electron chi connectivity index (χ3n) is 6.07. The molecule has 6 heteroatoms. The van der Waals surface area contributed by atoms with Gasteiger partial charge >= 0.3 is 0 Å². The lowest BCUT2D eigenvalue weighted by Gasteiger charge is -2.27. The average molecular weight is 560 g/mol. The van der Waals surface area contributed by atoms with Crippen LogP contribution in [-0.2, 0) is 16.2 Å². The van der Waals surface area contributed by atoms with Gasteiger partial charge in [-0.1, -0.05) is 133 Å². The summed E-state index contributed by atoms with van der Waals surface area (Å²) in [5, 5.41) is 7.37. The molecule has 0 radical (unpaired) electrons. The lowest BCUT2D eigenvalue weighted by atomic mass is 10.2. The van der Waals surface area contributed by atoms with Crippen LogP contribution in [0, 0.1) is 0 Å². The van der Waals surface area contributed by atoms with Gasteiger partial charge in [0.05, 0.1) is 0 Å². The van der Waals surface area contributed by atoms with E-state index < -0.39 is 6.89 Å². The molecule has 0 fully saturated rings. The van der Waals surface area contributed by atoms with Crippen LogP contribution in [0.4, 0.5) is 0 Å². The number of carbonyl (C=O) groups is 2. The van der Waals surface area contributed by atoms with Gasteiger partial charge in [0.1, 0.15) is 19.2 Å². The number of carbonyl (C=O) groups excluding carboxylic acids is 2. The fraction of sp³-hybridized carbons (Fsp3) is 0.0286. The van der Waals surface area contributed by atoms with Crippen molar-refractivity contribution in [1.29, 1.82) is 0 Å². The zero-order valence-electron chi connectivity index (χ0n) is 22.4. The molecule has 0 aliphatic rings. The Labute approximate surface area is 240 Å². The number of aromatic nitrogens is 1. The first-order valence-corrected chi connectivity index (χ1v) is 14.9. The Morgan fingerprint density at radius 1 is 0.634 bits per heavy atom. The molecule has 0 amide bonds. The van der Waals surface area contributed by atoms with Crippen molar-refractivity contribution in [2.45, 2.75) is 6.61 Å². The van der Waals surface area contributed by atoms with Gasteiger partial charge < -0.3 is 9.26 Å². The second-order valence-corrected chi connectivity index (χ2v) is 12.0. The number of allylic oxidation sites excluding steroid dienone is 3. The first-order valence-electron chi connectivity index (χ1n) is 13.0. The van der Waals surface area contributed by atoms with Crippen LogP contribution >= 0.6 is 6.89 Å². The van der Waals surface area contributed by atoms with Gasteiger partial charge in [0.15, 0.2) is 5.76 Å². The standard InChI is InChI=1S/C20H17OP.C15H13NO3/c21-16-17-22(18-10-4-1-5-11-18,19-12-6-2-7-13-19)20-14-8-3-9-15-20;17-10-6-2-5-9-14-11-15(16-19-14)18-12-13-7-3-1-4-8-13/h1-17H;1-11H,12H2. The number of benzene rings is 4. The van der Waals surface area contributed by atoms with Crippen LogP contribution in [0.25, 0.3) is 6.08 Å². The molecule has 0 saturated heterocycles. The van der Waals surface area contributed by atoms with Crippen molar-refractivity contribution in [3.8, 4) is 5.88 Å². The second-order valence-electron chi connectivity index (χ2n) is 8.74. The maximum absolute atomic E-state index is 11.5. The minimum Gasteiger partial charge on any atom is -0.471 e. The van der Waals surface area contributed by atoms with Crippen molar-refractivity contribution in [3.05, 3.63) is 157 Å². The smallest absolute Gasteiger partial charge is 0.255 e. The van der Waals surface area contributed by atoms with Crippen molar-refractivity contribution in [1.82, 2.24) is 5.16 Å². The topological polar surface area (TPSA) is 69.4 Å². The molecule has 41 heavy (non-hydrogen) atoms. The van der Waals surface area contributed by atoms with E-state index in [1.807, 2.05) is 90.7 Å². The first kappa shape index (κ1) is 29.0. The fourth-order valence-corrected chi connectivity index (χ4v) is 7.72. The van der Waals surface area contributed by atoms with Crippen LogP contribution in [0.1, 0.15) is 11.3 Å². The molecule has 0 atom stereocenters. The van der Waals surface area contributed by atoms with E-state index >= 15 is 0 Å². The zero-order chi connectivity index (χ0) is 28.6. The van der Waals surface area contributed by atoms with Crippen molar-refractivity contribution < 1.29 is 18.8 Å². The van der Waals surface area contributed by atoms with E-state index in [4.69, 9.17) is 9.26 Å². The molecule has 5 nitrogen and oxygen atoms in total. The molecule has 0 N–H and O–H groups in total. The molecule has 5 rings (SSSR count). The van der Waals surface area contributed by atoms with Gasteiger partial charge in [-0.2, -0.15) is 0 Å². The van der Waals surface area contributed by atoms with Crippen molar-refractivity contribution >= 4 is 47.2 Å². The Balaban J connectivity index is 0.000000191. The van der Waals surface area contributed by atoms with E-state index in [9.17, 15) is 9.59 Å². The molecule has 204 valence electrons. The second kappa shape index (κ2) is 15.6. The summed E-state index contributed by atoms with van der Waals surface area (Å²) in [7, 11) is 0. The summed E-state index contributed by atoms with van der Waals surface area (Å²) in [4.78, 5) is 21.6. The molecular weight excluding hydrogens is 529 g/mol. The number of nitrogens with zero attached hydrogens (tertiary/aromatic N) is 1. The lowest BCUT2D eigenvalue weighted by Crippen LogP contribution is -2.27. The van der Waals surface area contributed by atoms with Crippen molar-refractivity contribution in [2.24, 2.45) is 0 Å². The number of aldehydes is 2. The highest BCUT2D eigenvalue weighted by Crippen LogP contribution is 2.43. The van der Waals surface area contributed by atoms with Gasteiger partial charge in [-0.3, -0.25) is 9.59 Å². The average Bonchev–Trinajstić information content (AvgIpc) is 3.51. The van der Waals surface area contributed by atoms with Crippen LogP contribution in [-0.4, -0.2) is 23.5 Å². The van der Waals surface area contributed by atoms with Crippen molar-refractivity contribution in [3.63, 3.8) is 0 Å². The van der Waals surface area contributed by atoms with Crippen LogP contribution in [0.5, 0.6) is 5.88 Å². The fourth-order valence-electron chi connectivity index (χ4n) is 4.20. The van der Waals surface area contributed by atoms with Gasteiger partial charge in [0, 0.05) is 6.07 Å². The summed E-state index contributed by atoms with van der Waals surface area (Å²) >= 11 is 0. The molecule has 0 spiro atoms. The third-order valence-corrected chi connectivity index (χ3v) is 9.98. The van der Waals surface area contributed by atoms with E-state index in [0.29, 0.717) is 24.5 Å². The maximum Gasteiger partial charge on any atom is 0.255 e. The van der Waals surface area contributed by atoms with E-state index in [-0.39, 0.29) is 0 Å². The summed E-state index contributed by atoms with van der Waals surface area (Å²) in [6.07, 6.45) is 8.04. The Morgan fingerprint density at radius 3 is 1.63 bits per heavy atom. The van der Waals surface area contributed by atoms with Crippen LogP contribution in [0.2, 0.25) is 0 Å². The SMILES string of the molecule is O=CC=CC=Cc1cc(OCc2ccccc2)no1.O=CC=P(c1ccccc1)(c1ccccc1)c1ccccc1. The summed E-state index contributed by atoms with van der Waals surface area (Å²) in [6.45, 7) is -1.60. The van der Waals surface area contributed by atoms with Crippen LogP contribution in [0.15, 0.2) is 150 Å². The molecule has 0 aliphatic carbocycles. The molecule has 1 aromatic heterocycles. The molecule has 5 aromatic rings. The monoisotopic (exact) mass is 559 g/mol. The summed E-state index contributed by atoms with van der Waals surface area (Å²) in [6, 6.07) is 42.5. The molecule has 0 bridgehead atoms. The molecule has 0 aliphatic heterocycles. The number of hydrogen-bond acceptors (Lipinski definition) is 5. The minimum atomic E-state index is -2.05. The molecule has 0 unspecified atom stereocenters. The van der Waals surface area contributed by atoms with E-state index in [2.05, 4.69) is 41.6 Å². The highest BCUT2D eigenvalue weighted by Gasteiger charge is 2.24. The minimum absolute atomic E-state index is 0.433. The van der Waals surface area contributed by atoms with Gasteiger partial charge in [-0.05, 0) is 51.5 Å². The van der Waals surface area contributed by atoms with E-state index in [1.165, 1.54) is 22.0 Å². The lowest BCUT2D eigenvalue weighted by molar-refractivity contribution is -0.104. The first-order chi connectivity index (χ1) is 20.3. The largest absolute Gasteiger partial charge is 0.471 e. The van der Waals surface area contributed by atoms with Crippen LogP contribution in [0.3, 0.4) is 0 Å². The molecule has 4 aromatic carbocycles.